The van der Waals surface area contributed by atoms with Gasteiger partial charge in [0.05, 0.1) is 0 Å². The molecule has 0 amide bonds. The number of hydrogen-bond acceptors (Lipinski definition) is 6. The summed E-state index contributed by atoms with van der Waals surface area (Å²) >= 11 is 6.44. The maximum Gasteiger partial charge on any atom is 0.591 e. The Hall–Kier alpha value is 4.15. The van der Waals surface area contributed by atoms with E-state index in [-0.39, 0.29) is 37.1 Å². The highest BCUT2D eigenvalue weighted by Crippen LogP contribution is 1.69. The average molecular weight is 780 g/mol. The Morgan fingerprint density at radius 3 is 0.710 bits per heavy atom. The lowest BCUT2D eigenvalue weighted by Gasteiger charge is -1.67. The van der Waals surface area contributed by atoms with Crippen molar-refractivity contribution in [3.8, 4) is 0 Å². The molecule has 192 valence electrons. The second-order valence-electron chi connectivity index (χ2n) is 1.40. The molecule has 0 aliphatic carbocycles. The van der Waals surface area contributed by atoms with Crippen LogP contribution in [0.1, 0.15) is 37.1 Å². The Labute approximate surface area is 270 Å². The molecule has 0 aromatic heterocycles. The SMILES string of the molecule is C.C.C.C.C.ClCl.ClCl.O=O.O=[Si](O)[Si](=O)O.O=[Si]=O.[AlH][Cl].[AlH][Cl].[Al][Cl].[Al][Cl].[SiH3][SiH2][SiH3]. The molecule has 0 aromatic rings. The van der Waals surface area contributed by atoms with Crippen LogP contribution < -0.4 is 0 Å². The second kappa shape index (κ2) is 254. The molecule has 0 saturated carbocycles. The summed E-state index contributed by atoms with van der Waals surface area (Å²) in [5.74, 6) is 0. The third-order valence-electron chi connectivity index (χ3n) is 0.183. The molecular formula is C5H32Al4Cl8O8Si6. The molecule has 0 unspecified atom stereocenters. The predicted molar refractivity (Wildman–Crippen MR) is 166 cm³/mol. The molecule has 0 aromatic carbocycles. The summed E-state index contributed by atoms with van der Waals surface area (Å²) < 4.78 is 35.5. The zero-order valence-electron chi connectivity index (χ0n) is 13.1. The van der Waals surface area contributed by atoms with E-state index in [0.29, 0.717) is 8.55 Å². The van der Waals surface area contributed by atoms with Gasteiger partial charge in [-0.2, -0.15) is 0 Å². The van der Waals surface area contributed by atoms with Gasteiger partial charge in [-0.1, -0.05) is 37.1 Å². The lowest BCUT2D eigenvalue weighted by Crippen LogP contribution is -2.16. The average Bonchev–Trinajstić information content (AvgIpc) is 2.74. The van der Waals surface area contributed by atoms with Gasteiger partial charge in [0.25, 0.3) is 30.7 Å². The van der Waals surface area contributed by atoms with Crippen molar-refractivity contribution in [2.75, 3.05) is 0 Å². The maximum atomic E-state index is 9.37. The fourth-order valence-corrected chi connectivity index (χ4v) is 0. The smallest absolute Gasteiger partial charge is 0.536 e. The predicted octanol–water partition coefficient (Wildman–Crippen LogP) is 0.689. The minimum atomic E-state index is -3.10. The molecule has 31 heavy (non-hydrogen) atoms. The molecule has 26 heteroatoms. The number of rotatable bonds is 1. The van der Waals surface area contributed by atoms with Gasteiger partial charge in [0, 0.05) is 53.3 Å². The fourth-order valence-electron chi connectivity index (χ4n) is 0. The molecule has 0 fully saturated rings. The summed E-state index contributed by atoms with van der Waals surface area (Å²) in [5, 5.41) is 0. The highest BCUT2D eigenvalue weighted by atomic mass is 36.5. The van der Waals surface area contributed by atoms with Crippen LogP contribution in [-0.4, -0.2) is 125 Å². The summed E-state index contributed by atoms with van der Waals surface area (Å²) in [6.07, 6.45) is 0. The summed E-state index contributed by atoms with van der Waals surface area (Å²) in [7, 11) is 31.1. The maximum absolute atomic E-state index is 9.37. The van der Waals surface area contributed by atoms with Gasteiger partial charge in [-0.3, -0.25) is 49.1 Å². The second-order valence-corrected chi connectivity index (χ2v) is 23.7. The van der Waals surface area contributed by atoms with Crippen molar-refractivity contribution in [3.63, 3.8) is 0 Å². The highest BCUT2D eigenvalue weighted by Gasteiger charge is 2.16. The lowest BCUT2D eigenvalue weighted by atomic mass is 12.0. The molecule has 8 nitrogen and oxygen atoms in total. The summed E-state index contributed by atoms with van der Waals surface area (Å²) in [5.41, 5.74) is 0. The van der Waals surface area contributed by atoms with Crippen LogP contribution in [-0.2, 0) is 17.8 Å². The van der Waals surface area contributed by atoms with Gasteiger partial charge in [0.1, 0.15) is 0 Å². The van der Waals surface area contributed by atoms with Crippen LogP contribution in [0.2, 0.25) is 0 Å². The fraction of sp³-hybridized carbons (Fsp3) is 1.00. The van der Waals surface area contributed by atoms with E-state index in [1.165, 1.54) is 30.7 Å². The van der Waals surface area contributed by atoms with Crippen LogP contribution in [0.3, 0.4) is 0 Å². The van der Waals surface area contributed by atoms with Gasteiger partial charge in [0.2, 0.25) is 0 Å². The van der Waals surface area contributed by atoms with Gasteiger partial charge in [-0.05, 0) is 28.1 Å². The molecule has 0 saturated heterocycles. The molecule has 0 atom stereocenters. The van der Waals surface area contributed by atoms with Gasteiger partial charge in [0.15, 0.2) is 0 Å². The molecule has 0 aliphatic rings. The summed E-state index contributed by atoms with van der Waals surface area (Å²) in [4.78, 5) is 29.3. The third-order valence-corrected chi connectivity index (χ3v) is 1.65. The van der Waals surface area contributed by atoms with E-state index in [1.807, 2.05) is 30.7 Å². The first-order valence-electron chi connectivity index (χ1n) is 4.35. The summed E-state index contributed by atoms with van der Waals surface area (Å²) in [6.45, 7) is 0. The van der Waals surface area contributed by atoms with E-state index in [4.69, 9.17) is 28.4 Å². The Morgan fingerprint density at radius 1 is 0.677 bits per heavy atom. The van der Waals surface area contributed by atoms with Crippen molar-refractivity contribution >= 4 is 199 Å². The Bertz CT molecular complexity index is 213. The first-order chi connectivity index (χ1) is 12.5. The third kappa shape index (κ3) is 531. The van der Waals surface area contributed by atoms with Crippen molar-refractivity contribution in [1.82, 2.24) is 0 Å². The first kappa shape index (κ1) is 101. The zero-order chi connectivity index (χ0) is 24.6. The van der Waals surface area contributed by atoms with Gasteiger partial charge >= 0.3 is 56.9 Å². The molecule has 0 bridgehead atoms. The molecule has 6 radical (unpaired) electrons. The summed E-state index contributed by atoms with van der Waals surface area (Å²) in [6, 6.07) is 0. The molecule has 0 heterocycles. The van der Waals surface area contributed by atoms with Crippen molar-refractivity contribution in [1.29, 1.82) is 0 Å². The van der Waals surface area contributed by atoms with Crippen molar-refractivity contribution in [2.24, 2.45) is 0 Å². The highest BCUT2D eigenvalue weighted by molar-refractivity contribution is 7.17. The van der Waals surface area contributed by atoms with Crippen LogP contribution in [0.25, 0.3) is 0 Å². The lowest BCUT2D eigenvalue weighted by molar-refractivity contribution is 0.418. The van der Waals surface area contributed by atoms with E-state index < -0.39 is 26.2 Å². The molecule has 2 N–H and O–H groups in total. The first-order valence-corrected chi connectivity index (χ1v) is 30.2. The molecule has 0 spiro atoms. The van der Waals surface area contributed by atoms with Gasteiger partial charge in [-0.15, -0.1) is 0 Å². The van der Waals surface area contributed by atoms with Crippen LogP contribution in [0.4, 0.5) is 0 Å². The minimum absolute atomic E-state index is 0. The van der Waals surface area contributed by atoms with E-state index in [1.54, 1.807) is 19.5 Å². The Balaban J connectivity index is -0.00000000719. The zero-order valence-corrected chi connectivity index (χ0v) is 32.7. The number of halogens is 8. The number of hydrogen-bond donors (Lipinski definition) is 2. The Morgan fingerprint density at radius 2 is 0.710 bits per heavy atom. The molecular weight excluding hydrogens is 748 g/mol. The minimum Gasteiger partial charge on any atom is -0.536 e. The van der Waals surface area contributed by atoms with E-state index in [0.717, 1.165) is 0 Å². The molecule has 0 rings (SSSR count). The van der Waals surface area contributed by atoms with E-state index in [2.05, 4.69) is 83.6 Å². The quantitative estimate of drug-likeness (QED) is 0.371. The van der Waals surface area contributed by atoms with Crippen LogP contribution >= 0.6 is 83.6 Å². The standard InChI is InChI=1S/5CH4.4Al.2Cl2.4ClH.H2O4Si2.O2Si.O2.H8Si3.2H/c;;;;;;;;;2*1-2;;;;;1-5(2)6(3)4;1-3-2;1-2;1-3-2;;/h5*1H4;;;;;;;4*1H;1,3H;;;3H2,1-2H3;;/q;;;;;4*+1;;;;;;;;;;;;/p-4. The van der Waals surface area contributed by atoms with Crippen molar-refractivity contribution in [3.05, 3.63) is 9.93 Å². The van der Waals surface area contributed by atoms with Crippen LogP contribution in [0.15, 0.2) is 0 Å². The normalized spacial score (nSPS) is 4.00. The van der Waals surface area contributed by atoms with Gasteiger partial charge < -0.3 is 18.5 Å². The van der Waals surface area contributed by atoms with E-state index >= 15 is 0 Å². The van der Waals surface area contributed by atoms with Crippen molar-refractivity contribution < 1.29 is 27.4 Å². The van der Waals surface area contributed by atoms with Gasteiger partial charge in [-0.25, -0.2) is 0 Å². The van der Waals surface area contributed by atoms with Crippen LogP contribution in [0.5, 0.6) is 0 Å². The van der Waals surface area contributed by atoms with Crippen molar-refractivity contribution in [2.45, 2.75) is 37.1 Å². The van der Waals surface area contributed by atoms with E-state index in [9.17, 15) is 8.92 Å². The molecule has 0 aliphatic heterocycles. The Kier molecular flexibility index (Phi) is 828. The van der Waals surface area contributed by atoms with Crippen LogP contribution in [0, 0.1) is 9.93 Å². The largest absolute Gasteiger partial charge is 0.591 e. The topological polar surface area (TPSA) is 143 Å². The monoisotopic (exact) mass is 776 g/mol.